The molecule has 0 radical (unpaired) electrons. The maximum absolute atomic E-state index is 12.2. The number of hydrogen-bond donors (Lipinski definition) is 0. The van der Waals surface area contributed by atoms with Crippen LogP contribution >= 0.6 is 11.3 Å². The average Bonchev–Trinajstić information content (AvgIpc) is 3.27. The number of rotatable bonds is 5. The summed E-state index contributed by atoms with van der Waals surface area (Å²) >= 11 is 1.12. The average molecular weight is 375 g/mol. The highest BCUT2D eigenvalue weighted by Gasteiger charge is 2.15. The van der Waals surface area contributed by atoms with Gasteiger partial charge < -0.3 is 13.7 Å². The van der Waals surface area contributed by atoms with Crippen LogP contribution in [0.5, 0.6) is 0 Å². The van der Waals surface area contributed by atoms with E-state index in [4.69, 9.17) is 4.42 Å². The van der Waals surface area contributed by atoms with E-state index in [0.29, 0.717) is 15.0 Å². The SMILES string of the molecule is COC(=O)CCn1c(=NC(=O)c2ccco2)sc2cc([N+](=O)[O-])ccc21. The molecule has 26 heavy (non-hydrogen) atoms. The Balaban J connectivity index is 2.11. The number of nitrogens with zero attached hydrogens (tertiary/aromatic N) is 3. The molecular weight excluding hydrogens is 362 g/mol. The predicted molar refractivity (Wildman–Crippen MR) is 91.7 cm³/mol. The first-order valence-electron chi connectivity index (χ1n) is 7.47. The molecule has 9 nitrogen and oxygen atoms in total. The number of methoxy groups -OCH3 is 1. The van der Waals surface area contributed by atoms with Crippen LogP contribution in [0.1, 0.15) is 17.0 Å². The van der Waals surface area contributed by atoms with Gasteiger partial charge >= 0.3 is 11.9 Å². The van der Waals surface area contributed by atoms with E-state index in [-0.39, 0.29) is 24.4 Å². The lowest BCUT2D eigenvalue weighted by Gasteiger charge is -2.04. The van der Waals surface area contributed by atoms with Crippen molar-refractivity contribution in [2.45, 2.75) is 13.0 Å². The molecule has 0 fully saturated rings. The van der Waals surface area contributed by atoms with Gasteiger partial charge in [-0.15, -0.1) is 0 Å². The van der Waals surface area contributed by atoms with Crippen LogP contribution in [0.25, 0.3) is 10.2 Å². The Morgan fingerprint density at radius 1 is 1.38 bits per heavy atom. The number of esters is 1. The highest BCUT2D eigenvalue weighted by atomic mass is 32.1. The minimum Gasteiger partial charge on any atom is -0.469 e. The highest BCUT2D eigenvalue weighted by molar-refractivity contribution is 7.16. The molecule has 0 N–H and O–H groups in total. The van der Waals surface area contributed by atoms with Crippen molar-refractivity contribution in [3.63, 3.8) is 0 Å². The number of carbonyl (C=O) groups excluding carboxylic acids is 2. The van der Waals surface area contributed by atoms with Gasteiger partial charge in [0.1, 0.15) is 0 Å². The van der Waals surface area contributed by atoms with E-state index < -0.39 is 16.8 Å². The summed E-state index contributed by atoms with van der Waals surface area (Å²) in [5, 5.41) is 11.0. The van der Waals surface area contributed by atoms with Crippen molar-refractivity contribution in [1.29, 1.82) is 0 Å². The van der Waals surface area contributed by atoms with E-state index in [1.165, 1.54) is 31.6 Å². The topological polar surface area (TPSA) is 117 Å². The molecule has 0 aliphatic heterocycles. The van der Waals surface area contributed by atoms with Gasteiger partial charge in [-0.1, -0.05) is 11.3 Å². The van der Waals surface area contributed by atoms with E-state index >= 15 is 0 Å². The number of fused-ring (bicyclic) bond motifs is 1. The molecule has 0 aliphatic rings. The van der Waals surface area contributed by atoms with Crippen LogP contribution in [-0.4, -0.2) is 28.5 Å². The number of furan rings is 1. The number of amides is 1. The van der Waals surface area contributed by atoms with Crippen molar-refractivity contribution in [3.8, 4) is 0 Å². The van der Waals surface area contributed by atoms with Gasteiger partial charge in [0.2, 0.25) is 0 Å². The molecule has 0 unspecified atom stereocenters. The molecule has 2 heterocycles. The predicted octanol–water partition coefficient (Wildman–Crippen LogP) is 2.51. The summed E-state index contributed by atoms with van der Waals surface area (Å²) < 4.78 is 11.9. The molecule has 0 saturated heterocycles. The lowest BCUT2D eigenvalue weighted by molar-refractivity contribution is -0.384. The van der Waals surface area contributed by atoms with Gasteiger partial charge in [0, 0.05) is 18.7 Å². The van der Waals surface area contributed by atoms with E-state index in [0.717, 1.165) is 11.3 Å². The first-order valence-corrected chi connectivity index (χ1v) is 8.28. The summed E-state index contributed by atoms with van der Waals surface area (Å²) in [6, 6.07) is 7.40. The van der Waals surface area contributed by atoms with Crippen molar-refractivity contribution in [2.75, 3.05) is 7.11 Å². The maximum atomic E-state index is 12.2. The Kier molecular flexibility index (Phi) is 4.94. The molecule has 10 heteroatoms. The van der Waals surface area contributed by atoms with Gasteiger partial charge in [-0.05, 0) is 18.2 Å². The monoisotopic (exact) mass is 375 g/mol. The molecule has 0 spiro atoms. The molecule has 1 aromatic carbocycles. The number of nitro benzene ring substituents is 1. The fraction of sp³-hybridized carbons (Fsp3) is 0.188. The lowest BCUT2D eigenvalue weighted by Crippen LogP contribution is -2.19. The van der Waals surface area contributed by atoms with Crippen molar-refractivity contribution in [1.82, 2.24) is 4.57 Å². The first kappa shape index (κ1) is 17.5. The largest absolute Gasteiger partial charge is 0.469 e. The zero-order valence-corrected chi connectivity index (χ0v) is 14.4. The Morgan fingerprint density at radius 3 is 2.85 bits per heavy atom. The second-order valence-corrected chi connectivity index (χ2v) is 6.17. The van der Waals surface area contributed by atoms with Crippen LogP contribution in [0.4, 0.5) is 5.69 Å². The zero-order chi connectivity index (χ0) is 18.7. The van der Waals surface area contributed by atoms with Crippen LogP contribution in [0, 0.1) is 10.1 Å². The summed E-state index contributed by atoms with van der Waals surface area (Å²) in [6.07, 6.45) is 1.43. The molecule has 2 aromatic heterocycles. The fourth-order valence-electron chi connectivity index (χ4n) is 2.32. The Labute approximate surface area is 150 Å². The third-order valence-corrected chi connectivity index (χ3v) is 4.61. The summed E-state index contributed by atoms with van der Waals surface area (Å²) in [5.74, 6) is -0.919. The lowest BCUT2D eigenvalue weighted by atomic mass is 10.3. The summed E-state index contributed by atoms with van der Waals surface area (Å²) in [6.45, 7) is 0.217. The van der Waals surface area contributed by atoms with Crippen LogP contribution in [0.2, 0.25) is 0 Å². The minimum atomic E-state index is -0.581. The number of ether oxygens (including phenoxy) is 1. The maximum Gasteiger partial charge on any atom is 0.315 e. The van der Waals surface area contributed by atoms with Gasteiger partial charge in [-0.3, -0.25) is 19.7 Å². The normalized spacial score (nSPS) is 11.7. The van der Waals surface area contributed by atoms with Gasteiger partial charge in [0.25, 0.3) is 5.69 Å². The Bertz CT molecular complexity index is 1050. The second kappa shape index (κ2) is 7.31. The first-order chi connectivity index (χ1) is 12.5. The standard InChI is InChI=1S/C16H13N3O6S/c1-24-14(20)6-7-18-11-5-4-10(19(22)23)9-13(11)26-16(18)17-15(21)12-3-2-8-25-12/h2-5,8-9H,6-7H2,1H3. The van der Waals surface area contributed by atoms with E-state index in [1.54, 1.807) is 16.7 Å². The molecular formula is C16H13N3O6S. The molecule has 3 rings (SSSR count). The Hall–Kier alpha value is -3.27. The fourth-order valence-corrected chi connectivity index (χ4v) is 3.41. The number of benzene rings is 1. The second-order valence-electron chi connectivity index (χ2n) is 5.17. The molecule has 0 aliphatic carbocycles. The van der Waals surface area contributed by atoms with Crippen LogP contribution in [0.15, 0.2) is 46.0 Å². The summed E-state index contributed by atoms with van der Waals surface area (Å²) in [4.78, 5) is 38.5. The van der Waals surface area contributed by atoms with Crippen LogP contribution in [-0.2, 0) is 16.1 Å². The van der Waals surface area contributed by atoms with E-state index in [1.807, 2.05) is 0 Å². The van der Waals surface area contributed by atoms with E-state index in [2.05, 4.69) is 9.73 Å². The Morgan fingerprint density at radius 2 is 2.19 bits per heavy atom. The van der Waals surface area contributed by atoms with Crippen molar-refractivity contribution >= 4 is 39.1 Å². The number of thiazole rings is 1. The number of non-ortho nitro benzene ring substituents is 1. The minimum absolute atomic E-state index is 0.0669. The van der Waals surface area contributed by atoms with E-state index in [9.17, 15) is 19.7 Å². The summed E-state index contributed by atoms with van der Waals surface area (Å²) in [5.41, 5.74) is 0.568. The number of nitro groups is 1. The number of aromatic nitrogens is 1. The smallest absolute Gasteiger partial charge is 0.315 e. The summed E-state index contributed by atoms with van der Waals surface area (Å²) in [7, 11) is 1.29. The molecule has 0 bridgehead atoms. The van der Waals surface area contributed by atoms with Crippen LogP contribution < -0.4 is 4.80 Å². The molecule has 0 saturated carbocycles. The van der Waals surface area contributed by atoms with Gasteiger partial charge in [0.05, 0.1) is 34.9 Å². The molecule has 1 amide bonds. The van der Waals surface area contributed by atoms with Crippen LogP contribution in [0.3, 0.4) is 0 Å². The van der Waals surface area contributed by atoms with Gasteiger partial charge in [-0.2, -0.15) is 4.99 Å². The molecule has 134 valence electrons. The third-order valence-electron chi connectivity index (χ3n) is 3.57. The number of aryl methyl sites for hydroxylation is 1. The van der Waals surface area contributed by atoms with Gasteiger partial charge in [-0.25, -0.2) is 0 Å². The van der Waals surface area contributed by atoms with Gasteiger partial charge in [0.15, 0.2) is 10.6 Å². The zero-order valence-electron chi connectivity index (χ0n) is 13.6. The van der Waals surface area contributed by atoms with Crippen molar-refractivity contribution in [3.05, 3.63) is 57.3 Å². The number of hydrogen-bond acceptors (Lipinski definition) is 7. The quantitative estimate of drug-likeness (QED) is 0.384. The molecule has 3 aromatic rings. The van der Waals surface area contributed by atoms with Crippen molar-refractivity contribution < 1.29 is 23.7 Å². The van der Waals surface area contributed by atoms with Crippen molar-refractivity contribution in [2.24, 2.45) is 4.99 Å². The molecule has 0 atom stereocenters. The third kappa shape index (κ3) is 3.54. The number of carbonyl (C=O) groups is 2. The highest BCUT2D eigenvalue weighted by Crippen LogP contribution is 2.23.